The molecule has 5 nitrogen and oxygen atoms in total. The molecular weight excluding hydrogens is 346 g/mol. The topological polar surface area (TPSA) is 61.8 Å². The Morgan fingerprint density at radius 2 is 1.85 bits per heavy atom. The maximum atomic E-state index is 12.6. The molecule has 0 aliphatic carbocycles. The third-order valence-corrected chi connectivity index (χ3v) is 5.20. The Morgan fingerprint density at radius 1 is 1.15 bits per heavy atom. The highest BCUT2D eigenvalue weighted by molar-refractivity contribution is 8.15. The largest absolute Gasteiger partial charge is 0.326 e. The highest BCUT2D eigenvalue weighted by Gasteiger charge is 2.38. The van der Waals surface area contributed by atoms with E-state index in [4.69, 9.17) is 0 Å². The van der Waals surface area contributed by atoms with E-state index in [1.807, 2.05) is 68.4 Å². The molecule has 1 aliphatic heterocycles. The van der Waals surface area contributed by atoms with Crippen LogP contribution < -0.4 is 5.32 Å². The van der Waals surface area contributed by atoms with Gasteiger partial charge in [-0.25, -0.2) is 4.99 Å². The van der Waals surface area contributed by atoms with E-state index in [2.05, 4.69) is 10.3 Å². The first-order valence-electron chi connectivity index (χ1n) is 8.55. The number of amides is 2. The van der Waals surface area contributed by atoms with E-state index in [1.165, 1.54) is 11.8 Å². The lowest BCUT2D eigenvalue weighted by molar-refractivity contribution is -0.128. The van der Waals surface area contributed by atoms with Crippen LogP contribution in [-0.2, 0) is 9.59 Å². The smallest absolute Gasteiger partial charge is 0.242 e. The number of carbonyl (C=O) groups is 2. The number of amidine groups is 1. The van der Waals surface area contributed by atoms with Crippen molar-refractivity contribution in [1.29, 1.82) is 0 Å². The van der Waals surface area contributed by atoms with E-state index in [-0.39, 0.29) is 18.2 Å². The normalized spacial score (nSPS) is 18.4. The van der Waals surface area contributed by atoms with Crippen LogP contribution in [-0.4, -0.2) is 33.7 Å². The molecule has 2 amide bonds. The second kappa shape index (κ2) is 8.19. The molecule has 1 aliphatic rings. The molecule has 6 heteroatoms. The molecule has 1 N–H and O–H groups in total. The number of hydrogen-bond acceptors (Lipinski definition) is 4. The summed E-state index contributed by atoms with van der Waals surface area (Å²) in [6.45, 7) is 4.44. The van der Waals surface area contributed by atoms with Crippen LogP contribution >= 0.6 is 11.8 Å². The van der Waals surface area contributed by atoms with Gasteiger partial charge in [0.2, 0.25) is 11.8 Å². The van der Waals surface area contributed by atoms with Crippen molar-refractivity contribution in [1.82, 2.24) is 4.90 Å². The van der Waals surface area contributed by atoms with E-state index in [0.717, 1.165) is 16.9 Å². The van der Waals surface area contributed by atoms with Gasteiger partial charge in [-0.05, 0) is 38.1 Å². The predicted octanol–water partition coefficient (Wildman–Crippen LogP) is 3.98. The maximum Gasteiger partial charge on any atom is 0.242 e. The lowest BCUT2D eigenvalue weighted by Crippen LogP contribution is -2.33. The number of para-hydroxylation sites is 1. The zero-order valence-corrected chi connectivity index (χ0v) is 15.6. The van der Waals surface area contributed by atoms with Crippen LogP contribution in [0.3, 0.4) is 0 Å². The first-order chi connectivity index (χ1) is 12.6. The number of hydrogen-bond donors (Lipinski definition) is 1. The third-order valence-electron chi connectivity index (χ3n) is 4.02. The summed E-state index contributed by atoms with van der Waals surface area (Å²) in [6.07, 6.45) is 0.127. The van der Waals surface area contributed by atoms with E-state index in [0.29, 0.717) is 11.7 Å². The number of thioether (sulfide) groups is 1. The van der Waals surface area contributed by atoms with Gasteiger partial charge in [0.05, 0.1) is 5.69 Å². The van der Waals surface area contributed by atoms with E-state index >= 15 is 0 Å². The standard InChI is InChI=1S/C20H21N3O2S/c1-3-23-19(25)17(26-20(23)22-15-7-5-4-6-8-15)13-18(24)21-16-11-9-14(2)10-12-16/h4-12,17H,3,13H2,1-2H3,(H,21,24). The first kappa shape index (κ1) is 18.2. The Labute approximate surface area is 157 Å². The van der Waals surface area contributed by atoms with Crippen LogP contribution in [0.25, 0.3) is 0 Å². The van der Waals surface area contributed by atoms with Gasteiger partial charge in [-0.3, -0.25) is 14.5 Å². The van der Waals surface area contributed by atoms with Crippen LogP contribution in [0.1, 0.15) is 18.9 Å². The molecular formula is C20H21N3O2S. The number of aryl methyl sites for hydroxylation is 1. The highest BCUT2D eigenvalue weighted by Crippen LogP contribution is 2.31. The molecule has 0 saturated carbocycles. The van der Waals surface area contributed by atoms with Gasteiger partial charge in [0.1, 0.15) is 5.25 Å². The fourth-order valence-corrected chi connectivity index (χ4v) is 3.87. The minimum absolute atomic E-state index is 0.0637. The third kappa shape index (κ3) is 4.32. The summed E-state index contributed by atoms with van der Waals surface area (Å²) in [5.74, 6) is -0.233. The fourth-order valence-electron chi connectivity index (χ4n) is 2.65. The van der Waals surface area contributed by atoms with E-state index in [1.54, 1.807) is 4.90 Å². The number of anilines is 1. The average Bonchev–Trinajstić information content (AvgIpc) is 2.92. The Balaban J connectivity index is 1.68. The average molecular weight is 367 g/mol. The number of carbonyl (C=O) groups excluding carboxylic acids is 2. The first-order valence-corrected chi connectivity index (χ1v) is 9.43. The summed E-state index contributed by atoms with van der Waals surface area (Å²) in [5.41, 5.74) is 2.66. The quantitative estimate of drug-likeness (QED) is 0.870. The van der Waals surface area contributed by atoms with Crippen molar-refractivity contribution in [2.75, 3.05) is 11.9 Å². The Hall–Kier alpha value is -2.60. The van der Waals surface area contributed by atoms with Gasteiger partial charge in [0, 0.05) is 18.7 Å². The Morgan fingerprint density at radius 3 is 2.50 bits per heavy atom. The SMILES string of the molecule is CCN1C(=O)C(CC(=O)Nc2ccc(C)cc2)SC1=Nc1ccccc1. The zero-order chi connectivity index (χ0) is 18.5. The minimum atomic E-state index is -0.442. The summed E-state index contributed by atoms with van der Waals surface area (Å²) in [6, 6.07) is 17.1. The van der Waals surface area contributed by atoms with Gasteiger partial charge >= 0.3 is 0 Å². The zero-order valence-electron chi connectivity index (χ0n) is 14.8. The molecule has 1 fully saturated rings. The van der Waals surface area contributed by atoms with Crippen molar-refractivity contribution < 1.29 is 9.59 Å². The summed E-state index contributed by atoms with van der Waals surface area (Å²) >= 11 is 1.35. The molecule has 1 unspecified atom stereocenters. The van der Waals surface area contributed by atoms with Crippen molar-refractivity contribution in [3.8, 4) is 0 Å². The van der Waals surface area contributed by atoms with Crippen LogP contribution in [0.4, 0.5) is 11.4 Å². The second-order valence-electron chi connectivity index (χ2n) is 6.04. The Bertz CT molecular complexity index is 819. The lowest BCUT2D eigenvalue weighted by Gasteiger charge is -2.13. The molecule has 2 aromatic carbocycles. The van der Waals surface area contributed by atoms with Crippen LogP contribution in [0, 0.1) is 6.92 Å². The molecule has 1 saturated heterocycles. The summed E-state index contributed by atoms with van der Waals surface area (Å²) in [4.78, 5) is 31.1. The predicted molar refractivity (Wildman–Crippen MR) is 107 cm³/mol. The summed E-state index contributed by atoms with van der Waals surface area (Å²) in [5, 5.41) is 3.06. The van der Waals surface area contributed by atoms with Crippen molar-refractivity contribution in [2.24, 2.45) is 4.99 Å². The molecule has 2 aromatic rings. The summed E-state index contributed by atoms with van der Waals surface area (Å²) in [7, 11) is 0. The molecule has 1 heterocycles. The van der Waals surface area contributed by atoms with Gasteiger partial charge in [-0.2, -0.15) is 0 Å². The summed E-state index contributed by atoms with van der Waals surface area (Å²) < 4.78 is 0. The Kier molecular flexibility index (Phi) is 5.73. The van der Waals surface area contributed by atoms with Crippen LogP contribution in [0.5, 0.6) is 0 Å². The number of nitrogens with zero attached hydrogens (tertiary/aromatic N) is 2. The van der Waals surface area contributed by atoms with Crippen molar-refractivity contribution >= 4 is 40.1 Å². The second-order valence-corrected chi connectivity index (χ2v) is 7.21. The molecule has 0 radical (unpaired) electrons. The number of benzene rings is 2. The number of nitrogens with one attached hydrogen (secondary N) is 1. The van der Waals surface area contributed by atoms with Gasteiger partial charge in [-0.1, -0.05) is 47.7 Å². The van der Waals surface area contributed by atoms with Crippen molar-refractivity contribution in [3.05, 3.63) is 60.2 Å². The fraction of sp³-hybridized carbons (Fsp3) is 0.250. The van der Waals surface area contributed by atoms with Gasteiger partial charge < -0.3 is 5.32 Å². The maximum absolute atomic E-state index is 12.6. The molecule has 0 aromatic heterocycles. The van der Waals surface area contributed by atoms with Gasteiger partial charge in [0.25, 0.3) is 0 Å². The highest BCUT2D eigenvalue weighted by atomic mass is 32.2. The molecule has 0 spiro atoms. The van der Waals surface area contributed by atoms with Gasteiger partial charge in [-0.15, -0.1) is 0 Å². The number of rotatable bonds is 5. The van der Waals surface area contributed by atoms with E-state index in [9.17, 15) is 9.59 Å². The molecule has 134 valence electrons. The minimum Gasteiger partial charge on any atom is -0.326 e. The van der Waals surface area contributed by atoms with E-state index < -0.39 is 5.25 Å². The van der Waals surface area contributed by atoms with Crippen molar-refractivity contribution in [2.45, 2.75) is 25.5 Å². The monoisotopic (exact) mass is 367 g/mol. The molecule has 1 atom stereocenters. The van der Waals surface area contributed by atoms with Gasteiger partial charge in [0.15, 0.2) is 5.17 Å². The van der Waals surface area contributed by atoms with Crippen molar-refractivity contribution in [3.63, 3.8) is 0 Å². The molecule has 3 rings (SSSR count). The number of aliphatic imine (C=N–C) groups is 1. The lowest BCUT2D eigenvalue weighted by atomic mass is 10.2. The van der Waals surface area contributed by atoms with Crippen LogP contribution in [0.15, 0.2) is 59.6 Å². The molecule has 26 heavy (non-hydrogen) atoms. The molecule has 0 bridgehead atoms. The van der Waals surface area contributed by atoms with Crippen LogP contribution in [0.2, 0.25) is 0 Å².